The number of nitrogens with two attached hydrogens (primary N) is 1. The lowest BCUT2D eigenvalue weighted by Gasteiger charge is -2.27. The quantitative estimate of drug-likeness (QED) is 0.215. The van der Waals surface area contributed by atoms with Crippen molar-refractivity contribution >= 4 is 22.6 Å². The van der Waals surface area contributed by atoms with Gasteiger partial charge in [0.25, 0.3) is 0 Å². The third kappa shape index (κ3) is 7.60. The predicted molar refractivity (Wildman–Crippen MR) is 150 cm³/mol. The normalized spacial score (nSPS) is 21.4. The number of nitrogens with zero attached hydrogens (tertiary/aromatic N) is 4. The van der Waals surface area contributed by atoms with Crippen molar-refractivity contribution in [3.05, 3.63) is 54.1 Å². The minimum atomic E-state index is 0.318. The summed E-state index contributed by atoms with van der Waals surface area (Å²) in [5, 5.41) is 4.59. The molecule has 1 saturated carbocycles. The summed E-state index contributed by atoms with van der Waals surface area (Å²) in [5.41, 5.74) is 9.92. The number of rotatable bonds is 10. The largest absolute Gasteiger partial charge is 0.497 e. The highest BCUT2D eigenvalue weighted by Crippen LogP contribution is 2.24. The number of hydrogen-bond donors (Lipinski definition) is 2. The van der Waals surface area contributed by atoms with E-state index in [9.17, 15) is 0 Å². The number of allylic oxidation sites excluding steroid dienone is 3. The fourth-order valence-corrected chi connectivity index (χ4v) is 5.00. The van der Waals surface area contributed by atoms with Crippen LogP contribution in [0.1, 0.15) is 49.9 Å². The first kappa shape index (κ1) is 27.2. The maximum absolute atomic E-state index is 6.40. The van der Waals surface area contributed by atoms with Crippen LogP contribution in [0.15, 0.2) is 42.7 Å². The maximum Gasteiger partial charge on any atom is 0.227 e. The van der Waals surface area contributed by atoms with E-state index in [0.717, 1.165) is 61.4 Å². The molecular weight excluding hydrogens is 464 g/mol. The third-order valence-corrected chi connectivity index (χ3v) is 7.35. The smallest absolute Gasteiger partial charge is 0.227 e. The van der Waals surface area contributed by atoms with Gasteiger partial charge in [-0.25, -0.2) is 9.97 Å². The summed E-state index contributed by atoms with van der Waals surface area (Å²) >= 11 is 0. The molecule has 0 spiro atoms. The lowest BCUT2D eigenvalue weighted by molar-refractivity contribution is 0.122. The highest BCUT2D eigenvalue weighted by molar-refractivity contribution is 5.82. The Morgan fingerprint density at radius 3 is 2.78 bits per heavy atom. The van der Waals surface area contributed by atoms with Crippen molar-refractivity contribution in [1.29, 1.82) is 0 Å². The summed E-state index contributed by atoms with van der Waals surface area (Å²) in [6, 6.07) is 4.42. The van der Waals surface area contributed by atoms with Crippen LogP contribution in [-0.2, 0) is 9.47 Å². The first-order chi connectivity index (χ1) is 18.0. The van der Waals surface area contributed by atoms with Gasteiger partial charge < -0.3 is 25.4 Å². The molecule has 2 atom stereocenters. The van der Waals surface area contributed by atoms with Crippen molar-refractivity contribution < 1.29 is 9.47 Å². The van der Waals surface area contributed by atoms with Crippen LogP contribution >= 0.6 is 0 Å². The third-order valence-electron chi connectivity index (χ3n) is 7.35. The number of morpholine rings is 1. The molecule has 0 radical (unpaired) electrons. The summed E-state index contributed by atoms with van der Waals surface area (Å²) in [4.78, 5) is 16.7. The molecule has 8 heteroatoms. The molecule has 200 valence electrons. The average Bonchev–Trinajstić information content (AvgIpc) is 3.13. The molecule has 2 fully saturated rings. The number of aromatic nitrogens is 3. The Balaban J connectivity index is 1.50. The van der Waals surface area contributed by atoms with E-state index >= 15 is 0 Å². The summed E-state index contributed by atoms with van der Waals surface area (Å²) in [5.74, 6) is 1.88. The lowest BCUT2D eigenvalue weighted by Crippen LogP contribution is -2.37. The van der Waals surface area contributed by atoms with Crippen molar-refractivity contribution in [2.45, 2.75) is 51.5 Å². The van der Waals surface area contributed by atoms with Gasteiger partial charge in [-0.2, -0.15) is 4.98 Å². The monoisotopic (exact) mass is 506 g/mol. The van der Waals surface area contributed by atoms with Crippen LogP contribution < -0.4 is 16.0 Å². The van der Waals surface area contributed by atoms with E-state index in [4.69, 9.17) is 30.2 Å². The lowest BCUT2D eigenvalue weighted by atomic mass is 9.95. The molecule has 8 nitrogen and oxygen atoms in total. The van der Waals surface area contributed by atoms with Gasteiger partial charge in [0.2, 0.25) is 5.95 Å². The summed E-state index contributed by atoms with van der Waals surface area (Å²) in [6.45, 7) is 10.8. The molecule has 3 heterocycles. The van der Waals surface area contributed by atoms with Crippen molar-refractivity contribution in [3.8, 4) is 0 Å². The Hall–Kier alpha value is -2.81. The number of nitrogens with one attached hydrogen (secondary N) is 1. The van der Waals surface area contributed by atoms with Gasteiger partial charge >= 0.3 is 0 Å². The zero-order valence-corrected chi connectivity index (χ0v) is 22.4. The molecular formula is C29H42N6O2. The second kappa shape index (κ2) is 13.7. The number of hydrogen-bond acceptors (Lipinski definition) is 8. The first-order valence-corrected chi connectivity index (χ1v) is 13.6. The van der Waals surface area contributed by atoms with Gasteiger partial charge in [0, 0.05) is 24.5 Å². The van der Waals surface area contributed by atoms with E-state index in [-0.39, 0.29) is 0 Å². The van der Waals surface area contributed by atoms with Gasteiger partial charge in [0.15, 0.2) is 5.65 Å². The Bertz CT molecular complexity index is 1110. The van der Waals surface area contributed by atoms with Crippen LogP contribution in [0.3, 0.4) is 0 Å². The fourth-order valence-electron chi connectivity index (χ4n) is 5.00. The highest BCUT2D eigenvalue weighted by Gasteiger charge is 2.20. The fraction of sp³-hybridized carbons (Fsp3) is 0.552. The number of anilines is 1. The number of fused-ring (bicyclic) bond motifs is 1. The second-order valence-electron chi connectivity index (χ2n) is 9.99. The zero-order valence-electron chi connectivity index (χ0n) is 22.4. The van der Waals surface area contributed by atoms with Gasteiger partial charge in [0.05, 0.1) is 31.7 Å². The van der Waals surface area contributed by atoms with E-state index in [1.54, 1.807) is 7.11 Å². The molecule has 1 aliphatic carbocycles. The van der Waals surface area contributed by atoms with Crippen molar-refractivity contribution in [1.82, 2.24) is 20.3 Å². The molecule has 2 unspecified atom stereocenters. The van der Waals surface area contributed by atoms with Crippen LogP contribution in [0.2, 0.25) is 0 Å². The Labute approximate surface area is 221 Å². The van der Waals surface area contributed by atoms with Crippen molar-refractivity contribution in [3.63, 3.8) is 0 Å². The Morgan fingerprint density at radius 2 is 1.97 bits per heavy atom. The van der Waals surface area contributed by atoms with Gasteiger partial charge in [-0.1, -0.05) is 31.9 Å². The molecule has 0 bridgehead atoms. The molecule has 4 rings (SSSR count). The molecule has 1 saturated heterocycles. The molecule has 37 heavy (non-hydrogen) atoms. The Kier molecular flexibility index (Phi) is 10.0. The van der Waals surface area contributed by atoms with E-state index in [2.05, 4.69) is 28.9 Å². The number of pyridine rings is 1. The molecule has 0 amide bonds. The minimum absolute atomic E-state index is 0.318. The molecule has 2 aromatic rings. The number of methoxy groups -OCH3 is 1. The minimum Gasteiger partial charge on any atom is -0.497 e. The Morgan fingerprint density at radius 1 is 1.16 bits per heavy atom. The molecule has 2 aromatic heterocycles. The SMILES string of the molecule is C=C(/C=C\C(=C/CCNCC1CCCCCC1N)c1ccc2c(C)nc(N3CCOCC3)nc2n1)OC. The molecule has 2 aliphatic rings. The summed E-state index contributed by atoms with van der Waals surface area (Å²) < 4.78 is 10.7. The van der Waals surface area contributed by atoms with E-state index in [1.165, 1.54) is 25.7 Å². The van der Waals surface area contributed by atoms with Gasteiger partial charge in [0.1, 0.15) is 5.76 Å². The number of ether oxygens (including phenoxy) is 2. The van der Waals surface area contributed by atoms with E-state index in [0.29, 0.717) is 42.5 Å². The second-order valence-corrected chi connectivity index (χ2v) is 9.99. The van der Waals surface area contributed by atoms with Crippen LogP contribution in [-0.4, -0.2) is 67.5 Å². The van der Waals surface area contributed by atoms with Crippen LogP contribution in [0.5, 0.6) is 0 Å². The number of aryl methyl sites for hydroxylation is 1. The van der Waals surface area contributed by atoms with Crippen molar-refractivity contribution in [2.24, 2.45) is 11.7 Å². The zero-order chi connectivity index (χ0) is 26.0. The van der Waals surface area contributed by atoms with Crippen molar-refractivity contribution in [2.75, 3.05) is 51.4 Å². The summed E-state index contributed by atoms with van der Waals surface area (Å²) in [6.07, 6.45) is 13.2. The molecule has 1 aliphatic heterocycles. The van der Waals surface area contributed by atoms with E-state index < -0.39 is 0 Å². The van der Waals surface area contributed by atoms with Gasteiger partial charge in [-0.05, 0) is 75.1 Å². The average molecular weight is 507 g/mol. The standard InChI is InChI=1S/C29H42N6O2/c1-21(36-3)11-12-23(9-7-15-31-20-24-8-5-4-6-10-26(24)30)27-14-13-25-22(2)32-29(34-28(25)33-27)35-16-18-37-19-17-35/h9,11-14,24,26,31H,1,4-8,10,15-20,30H2,2-3H3/b12-11-,23-9+. The summed E-state index contributed by atoms with van der Waals surface area (Å²) in [7, 11) is 1.62. The van der Waals surface area contributed by atoms with Crippen LogP contribution in [0.25, 0.3) is 16.6 Å². The van der Waals surface area contributed by atoms with Gasteiger partial charge in [-0.3, -0.25) is 0 Å². The highest BCUT2D eigenvalue weighted by atomic mass is 16.5. The molecule has 3 N–H and O–H groups in total. The van der Waals surface area contributed by atoms with Crippen LogP contribution in [0.4, 0.5) is 5.95 Å². The van der Waals surface area contributed by atoms with Crippen LogP contribution in [0, 0.1) is 12.8 Å². The maximum atomic E-state index is 6.40. The van der Waals surface area contributed by atoms with Gasteiger partial charge in [-0.15, -0.1) is 0 Å². The predicted octanol–water partition coefficient (Wildman–Crippen LogP) is 4.16. The first-order valence-electron chi connectivity index (χ1n) is 13.6. The topological polar surface area (TPSA) is 98.4 Å². The van der Waals surface area contributed by atoms with E-state index in [1.807, 2.05) is 25.1 Å². The molecule has 0 aromatic carbocycles.